The molecule has 0 amide bonds. The highest BCUT2D eigenvalue weighted by molar-refractivity contribution is 6.59. The van der Waals surface area contributed by atoms with Crippen molar-refractivity contribution in [2.75, 3.05) is 6.54 Å². The minimum absolute atomic E-state index is 0.0232. The summed E-state index contributed by atoms with van der Waals surface area (Å²) >= 11 is 0. The number of nitrogens with zero attached hydrogens (tertiary/aromatic N) is 3. The molecule has 2 aromatic rings. The number of rotatable bonds is 4. The Bertz CT molecular complexity index is 761. The number of hydrogen-bond acceptors (Lipinski definition) is 7. The third-order valence-electron chi connectivity index (χ3n) is 3.72. The van der Waals surface area contributed by atoms with Gasteiger partial charge in [-0.25, -0.2) is 9.48 Å². The highest BCUT2D eigenvalue weighted by atomic mass is 16.6. The van der Waals surface area contributed by atoms with Crippen LogP contribution in [-0.4, -0.2) is 49.4 Å². The van der Waals surface area contributed by atoms with Crippen LogP contribution in [0.1, 0.15) is 21.6 Å². The molecule has 2 heterocycles. The van der Waals surface area contributed by atoms with Gasteiger partial charge in [0.2, 0.25) is 0 Å². The fraction of sp³-hybridized carbons (Fsp3) is 0.308. The number of carboxylic acid groups (broad SMARTS) is 1. The van der Waals surface area contributed by atoms with Crippen LogP contribution >= 0.6 is 0 Å². The van der Waals surface area contributed by atoms with Crippen molar-refractivity contribution in [3.8, 4) is 11.4 Å². The number of benzene rings is 1. The van der Waals surface area contributed by atoms with Crippen LogP contribution in [0.4, 0.5) is 0 Å². The van der Waals surface area contributed by atoms with Gasteiger partial charge in [0.1, 0.15) is 5.56 Å². The van der Waals surface area contributed by atoms with Crippen LogP contribution in [0.3, 0.4) is 0 Å². The molecule has 0 aliphatic carbocycles. The average Bonchev–Trinajstić information content (AvgIpc) is 2.93. The van der Waals surface area contributed by atoms with E-state index in [-0.39, 0.29) is 23.3 Å². The molecule has 0 fully saturated rings. The number of fused-ring (bicyclic) bond motifs is 1. The minimum Gasteiger partial charge on any atom is -0.669 e. The monoisotopic (exact) mass is 319 g/mol. The Hall–Kier alpha value is -2.43. The van der Waals surface area contributed by atoms with Crippen molar-refractivity contribution in [2.45, 2.75) is 19.2 Å². The molecule has 0 atom stereocenters. The summed E-state index contributed by atoms with van der Waals surface area (Å²) in [6.45, 7) is -2.66. The van der Waals surface area contributed by atoms with Gasteiger partial charge in [-0.3, -0.25) is 0 Å². The molecule has 5 N–H and O–H groups in total. The molecule has 0 saturated carbocycles. The van der Waals surface area contributed by atoms with Gasteiger partial charge in [0, 0.05) is 6.42 Å². The van der Waals surface area contributed by atoms with E-state index in [1.807, 2.05) is 0 Å². The van der Waals surface area contributed by atoms with Gasteiger partial charge >= 0.3 is 12.7 Å². The average molecular weight is 319 g/mol. The zero-order valence-corrected chi connectivity index (χ0v) is 12.2. The predicted molar refractivity (Wildman–Crippen MR) is 80.4 cm³/mol. The Morgan fingerprint density at radius 1 is 1.43 bits per heavy atom. The first-order valence-electron chi connectivity index (χ1n) is 7.21. The van der Waals surface area contributed by atoms with E-state index in [4.69, 9.17) is 10.4 Å². The van der Waals surface area contributed by atoms with Crippen molar-refractivity contribution >= 4 is 12.7 Å². The van der Waals surface area contributed by atoms with Crippen molar-refractivity contribution < 1.29 is 24.6 Å². The Balaban J connectivity index is 2.12. The number of hydrogen-bond donors (Lipinski definition) is 4. The third-order valence-corrected chi connectivity index (χ3v) is 3.72. The zero-order chi connectivity index (χ0) is 16.6. The van der Waals surface area contributed by atoms with Gasteiger partial charge in [0.15, 0.2) is 0 Å². The highest BCUT2D eigenvalue weighted by Gasteiger charge is 2.32. The summed E-state index contributed by atoms with van der Waals surface area (Å²) in [5, 5.41) is 36.8. The lowest BCUT2D eigenvalue weighted by Crippen LogP contribution is -2.45. The molecule has 3 rings (SSSR count). The maximum Gasteiger partial charge on any atom is 0.430 e. The molecule has 23 heavy (non-hydrogen) atoms. The largest absolute Gasteiger partial charge is 0.669 e. The lowest BCUT2D eigenvalue weighted by atomic mass is 9.70. The first kappa shape index (κ1) is 15.5. The van der Waals surface area contributed by atoms with Gasteiger partial charge in [0.25, 0.3) is 0 Å². The van der Waals surface area contributed by atoms with E-state index in [0.29, 0.717) is 30.6 Å². The molecule has 0 unspecified atom stereocenters. The summed E-state index contributed by atoms with van der Waals surface area (Å²) < 4.78 is 6.46. The van der Waals surface area contributed by atoms with Crippen molar-refractivity contribution in [3.05, 3.63) is 35.2 Å². The van der Waals surface area contributed by atoms with Crippen LogP contribution in [0, 0.1) is 0 Å². The molecule has 122 valence electrons. The third kappa shape index (κ3) is 2.91. The van der Waals surface area contributed by atoms with Crippen LogP contribution in [-0.2, 0) is 12.8 Å². The molecular weight excluding hydrogens is 303 g/mol. The number of aromatic nitrogens is 3. The molecule has 0 spiro atoms. The van der Waals surface area contributed by atoms with Gasteiger partial charge < -0.3 is 25.5 Å². The van der Waals surface area contributed by atoms with E-state index >= 15 is 0 Å². The SMILES string of the molecule is NCCc1cn(-c2ccc3c(c2C(=O)O)O[B-](O)(O)CC3)nn1. The second-order valence-corrected chi connectivity index (χ2v) is 5.46. The summed E-state index contributed by atoms with van der Waals surface area (Å²) in [6, 6.07) is 3.29. The maximum absolute atomic E-state index is 11.7. The number of aromatic carboxylic acids is 1. The van der Waals surface area contributed by atoms with Gasteiger partial charge in [-0.2, -0.15) is 0 Å². The molecule has 1 aliphatic rings. The Morgan fingerprint density at radius 2 is 2.22 bits per heavy atom. The van der Waals surface area contributed by atoms with Crippen LogP contribution in [0.2, 0.25) is 6.32 Å². The van der Waals surface area contributed by atoms with Crippen LogP contribution < -0.4 is 10.4 Å². The molecule has 9 nitrogen and oxygen atoms in total. The second-order valence-electron chi connectivity index (χ2n) is 5.46. The van der Waals surface area contributed by atoms with Crippen molar-refractivity contribution in [1.29, 1.82) is 0 Å². The highest BCUT2D eigenvalue weighted by Crippen LogP contribution is 2.36. The van der Waals surface area contributed by atoms with E-state index < -0.39 is 12.7 Å². The molecule has 1 aromatic heterocycles. The first-order chi connectivity index (χ1) is 10.9. The van der Waals surface area contributed by atoms with E-state index in [1.165, 1.54) is 4.68 Å². The summed E-state index contributed by atoms with van der Waals surface area (Å²) in [4.78, 5) is 11.7. The van der Waals surface area contributed by atoms with E-state index in [9.17, 15) is 19.9 Å². The fourth-order valence-corrected chi connectivity index (χ4v) is 2.61. The Labute approximate surface area is 131 Å². The van der Waals surface area contributed by atoms with E-state index in [1.54, 1.807) is 18.3 Å². The lowest BCUT2D eigenvalue weighted by molar-refractivity contribution is 0.0693. The Morgan fingerprint density at radius 3 is 2.91 bits per heavy atom. The van der Waals surface area contributed by atoms with Crippen LogP contribution in [0.15, 0.2) is 18.3 Å². The molecule has 1 aromatic carbocycles. The molecule has 0 radical (unpaired) electrons. The standard InChI is InChI=1S/C13H16BN4O5/c15-6-4-9-7-18(17-16-9)10-2-1-8-3-5-14(21,22)23-12(8)11(10)13(19)20/h1-2,7,21-22H,3-6,15H2,(H,19,20)/q-1. The van der Waals surface area contributed by atoms with Gasteiger partial charge in [-0.1, -0.05) is 17.6 Å². The number of carboxylic acids is 1. The number of nitrogens with two attached hydrogens (primary N) is 1. The van der Waals surface area contributed by atoms with Crippen molar-refractivity contribution in [1.82, 2.24) is 15.0 Å². The number of aryl methyl sites for hydroxylation is 1. The quantitative estimate of drug-likeness (QED) is 0.543. The second kappa shape index (κ2) is 5.65. The zero-order valence-electron chi connectivity index (χ0n) is 12.2. The van der Waals surface area contributed by atoms with Gasteiger partial charge in [-0.05, 0) is 24.6 Å². The summed E-state index contributed by atoms with van der Waals surface area (Å²) in [5.74, 6) is -1.29. The smallest absolute Gasteiger partial charge is 0.430 e. The van der Waals surface area contributed by atoms with Crippen LogP contribution in [0.25, 0.3) is 5.69 Å². The van der Waals surface area contributed by atoms with Crippen molar-refractivity contribution in [2.24, 2.45) is 5.73 Å². The normalized spacial score (nSPS) is 15.8. The minimum atomic E-state index is -3.06. The molecular formula is C13H16BN4O5-. The molecule has 0 saturated heterocycles. The van der Waals surface area contributed by atoms with Crippen molar-refractivity contribution in [3.63, 3.8) is 0 Å². The molecule has 10 heteroatoms. The van der Waals surface area contributed by atoms with Gasteiger partial charge in [0.05, 0.1) is 23.3 Å². The Kier molecular flexibility index (Phi) is 3.80. The number of carbonyl (C=O) groups is 1. The summed E-state index contributed by atoms with van der Waals surface area (Å²) in [5.41, 5.74) is 6.76. The topological polar surface area (TPSA) is 144 Å². The molecule has 1 aliphatic heterocycles. The fourth-order valence-electron chi connectivity index (χ4n) is 2.61. The van der Waals surface area contributed by atoms with Crippen LogP contribution in [0.5, 0.6) is 5.75 Å². The summed E-state index contributed by atoms with van der Waals surface area (Å²) in [7, 11) is 0. The van der Waals surface area contributed by atoms with Gasteiger partial charge in [-0.15, -0.1) is 5.10 Å². The first-order valence-corrected chi connectivity index (χ1v) is 7.21. The predicted octanol–water partition coefficient (Wildman–Crippen LogP) is -0.675. The molecule has 0 bridgehead atoms. The van der Waals surface area contributed by atoms with E-state index in [0.717, 1.165) is 0 Å². The summed E-state index contributed by atoms with van der Waals surface area (Å²) in [6.07, 6.45) is 2.44. The van der Waals surface area contributed by atoms with E-state index in [2.05, 4.69) is 10.3 Å². The maximum atomic E-state index is 11.7. The lowest BCUT2D eigenvalue weighted by Gasteiger charge is -2.37.